The lowest BCUT2D eigenvalue weighted by Gasteiger charge is -2.03. The van der Waals surface area contributed by atoms with Crippen molar-refractivity contribution in [1.82, 2.24) is 0 Å². The van der Waals surface area contributed by atoms with Crippen LogP contribution >= 0.6 is 0 Å². The molecule has 2 aromatic carbocycles. The molecular weight excluding hydrogens is 196 g/mol. The second-order valence-electron chi connectivity index (χ2n) is 3.62. The van der Waals surface area contributed by atoms with Crippen molar-refractivity contribution >= 4 is 5.76 Å². The van der Waals surface area contributed by atoms with Gasteiger partial charge in [0.15, 0.2) is 0 Å². The zero-order chi connectivity index (χ0) is 11.4. The van der Waals surface area contributed by atoms with E-state index in [0.29, 0.717) is 5.76 Å². The first-order chi connectivity index (χ1) is 7.81. The largest absolute Gasteiger partial charge is 0.508 e. The number of hydrogen-bond donors (Lipinski definition) is 1. The van der Waals surface area contributed by atoms with Gasteiger partial charge in [-0.1, -0.05) is 54.6 Å². The normalized spacial score (nSPS) is 11.4. The Bertz CT molecular complexity index is 481. The van der Waals surface area contributed by atoms with Crippen LogP contribution < -0.4 is 0 Å². The maximum Gasteiger partial charge on any atom is 0.118 e. The average Bonchev–Trinajstić information content (AvgIpc) is 2.39. The van der Waals surface area contributed by atoms with Crippen LogP contribution in [0.4, 0.5) is 0 Å². The molecular formula is C15H14O. The lowest BCUT2D eigenvalue weighted by molar-refractivity contribution is 0.511. The van der Waals surface area contributed by atoms with E-state index in [4.69, 9.17) is 0 Å². The highest BCUT2D eigenvalue weighted by Crippen LogP contribution is 2.21. The maximum atomic E-state index is 9.55. The third-order valence-corrected chi connectivity index (χ3v) is 2.56. The Kier molecular flexibility index (Phi) is 3.06. The quantitative estimate of drug-likeness (QED) is 0.734. The van der Waals surface area contributed by atoms with Gasteiger partial charge >= 0.3 is 0 Å². The molecule has 0 aromatic heterocycles. The molecule has 0 fully saturated rings. The highest BCUT2D eigenvalue weighted by molar-refractivity contribution is 5.67. The monoisotopic (exact) mass is 210 g/mol. The fraction of sp³-hybridized carbons (Fsp3) is 0.0667. The van der Waals surface area contributed by atoms with Crippen molar-refractivity contribution in [2.75, 3.05) is 0 Å². The van der Waals surface area contributed by atoms with Crippen LogP contribution in [0.1, 0.15) is 12.5 Å². The predicted octanol–water partition coefficient (Wildman–Crippen LogP) is 4.27. The standard InChI is InChI=1S/C15H14O/c1-2-15(16)14-10-8-13(9-11-14)12-6-4-3-5-7-12/h2-11,16H,1H3. The van der Waals surface area contributed by atoms with Crippen molar-refractivity contribution in [2.45, 2.75) is 6.92 Å². The molecule has 0 aliphatic rings. The zero-order valence-corrected chi connectivity index (χ0v) is 9.22. The van der Waals surface area contributed by atoms with Crippen LogP contribution in [0.15, 0.2) is 60.7 Å². The van der Waals surface area contributed by atoms with Gasteiger partial charge < -0.3 is 5.11 Å². The minimum Gasteiger partial charge on any atom is -0.508 e. The molecule has 2 aromatic rings. The Hall–Kier alpha value is -2.02. The molecule has 1 nitrogen and oxygen atoms in total. The van der Waals surface area contributed by atoms with Crippen LogP contribution in [-0.2, 0) is 0 Å². The number of aliphatic hydroxyl groups excluding tert-OH is 1. The lowest BCUT2D eigenvalue weighted by Crippen LogP contribution is -1.83. The molecule has 0 radical (unpaired) electrons. The summed E-state index contributed by atoms with van der Waals surface area (Å²) in [6.45, 7) is 1.82. The van der Waals surface area contributed by atoms with Gasteiger partial charge in [-0.2, -0.15) is 0 Å². The van der Waals surface area contributed by atoms with Gasteiger partial charge in [-0.05, 0) is 24.1 Å². The molecule has 0 aliphatic heterocycles. The summed E-state index contributed by atoms with van der Waals surface area (Å²) in [7, 11) is 0. The number of allylic oxidation sites excluding steroid dienone is 1. The second-order valence-corrected chi connectivity index (χ2v) is 3.62. The highest BCUT2D eigenvalue weighted by atomic mass is 16.3. The van der Waals surface area contributed by atoms with Crippen molar-refractivity contribution in [3.8, 4) is 11.1 Å². The molecule has 0 atom stereocenters. The van der Waals surface area contributed by atoms with E-state index in [0.717, 1.165) is 11.1 Å². The van der Waals surface area contributed by atoms with Gasteiger partial charge in [0.25, 0.3) is 0 Å². The first-order valence-electron chi connectivity index (χ1n) is 5.32. The second kappa shape index (κ2) is 4.67. The SMILES string of the molecule is CC=C(O)c1ccc(-c2ccccc2)cc1. The van der Waals surface area contributed by atoms with Crippen molar-refractivity contribution in [3.63, 3.8) is 0 Å². The van der Waals surface area contributed by atoms with E-state index >= 15 is 0 Å². The van der Waals surface area contributed by atoms with E-state index in [2.05, 4.69) is 12.1 Å². The van der Waals surface area contributed by atoms with Gasteiger partial charge in [-0.25, -0.2) is 0 Å². The highest BCUT2D eigenvalue weighted by Gasteiger charge is 1.99. The molecule has 0 aliphatic carbocycles. The Morgan fingerprint density at radius 3 is 2.00 bits per heavy atom. The van der Waals surface area contributed by atoms with Crippen LogP contribution in [0, 0.1) is 0 Å². The summed E-state index contributed by atoms with van der Waals surface area (Å²) >= 11 is 0. The fourth-order valence-electron chi connectivity index (χ4n) is 1.63. The smallest absolute Gasteiger partial charge is 0.118 e. The van der Waals surface area contributed by atoms with Crippen molar-refractivity contribution in [1.29, 1.82) is 0 Å². The van der Waals surface area contributed by atoms with E-state index in [1.807, 2.05) is 49.4 Å². The minimum absolute atomic E-state index is 0.319. The number of aliphatic hydroxyl groups is 1. The summed E-state index contributed by atoms with van der Waals surface area (Å²) < 4.78 is 0. The average molecular weight is 210 g/mol. The summed E-state index contributed by atoms with van der Waals surface area (Å²) in [4.78, 5) is 0. The molecule has 0 saturated carbocycles. The molecule has 1 heteroatoms. The van der Waals surface area contributed by atoms with Gasteiger partial charge in [0, 0.05) is 5.56 Å². The number of hydrogen-bond acceptors (Lipinski definition) is 1. The van der Waals surface area contributed by atoms with E-state index in [1.54, 1.807) is 6.08 Å². The van der Waals surface area contributed by atoms with Gasteiger partial charge in [0.1, 0.15) is 5.76 Å². The first-order valence-corrected chi connectivity index (χ1v) is 5.32. The first kappa shape index (κ1) is 10.5. The van der Waals surface area contributed by atoms with E-state index in [-0.39, 0.29) is 0 Å². The molecule has 0 bridgehead atoms. The summed E-state index contributed by atoms with van der Waals surface area (Å²) in [6.07, 6.45) is 1.69. The van der Waals surface area contributed by atoms with Crippen LogP contribution in [0.5, 0.6) is 0 Å². The third-order valence-electron chi connectivity index (χ3n) is 2.56. The van der Waals surface area contributed by atoms with Crippen LogP contribution in [-0.4, -0.2) is 5.11 Å². The van der Waals surface area contributed by atoms with Crippen LogP contribution in [0.2, 0.25) is 0 Å². The predicted molar refractivity (Wildman–Crippen MR) is 68.2 cm³/mol. The van der Waals surface area contributed by atoms with Crippen molar-refractivity contribution in [3.05, 3.63) is 66.2 Å². The Labute approximate surface area is 95.7 Å². The van der Waals surface area contributed by atoms with Crippen molar-refractivity contribution < 1.29 is 5.11 Å². The lowest BCUT2D eigenvalue weighted by atomic mass is 10.0. The number of benzene rings is 2. The molecule has 80 valence electrons. The van der Waals surface area contributed by atoms with Gasteiger partial charge in [0.2, 0.25) is 0 Å². The molecule has 0 heterocycles. The molecule has 0 amide bonds. The topological polar surface area (TPSA) is 20.2 Å². The Morgan fingerprint density at radius 1 is 0.875 bits per heavy atom. The minimum atomic E-state index is 0.319. The fourth-order valence-corrected chi connectivity index (χ4v) is 1.63. The summed E-state index contributed by atoms with van der Waals surface area (Å²) in [5.74, 6) is 0.319. The van der Waals surface area contributed by atoms with Gasteiger partial charge in [0.05, 0.1) is 0 Å². The Morgan fingerprint density at radius 2 is 1.44 bits per heavy atom. The molecule has 0 spiro atoms. The van der Waals surface area contributed by atoms with Crippen molar-refractivity contribution in [2.24, 2.45) is 0 Å². The zero-order valence-electron chi connectivity index (χ0n) is 9.22. The van der Waals surface area contributed by atoms with Gasteiger partial charge in [-0.3, -0.25) is 0 Å². The molecule has 16 heavy (non-hydrogen) atoms. The molecule has 0 unspecified atom stereocenters. The maximum absolute atomic E-state index is 9.55. The summed E-state index contributed by atoms with van der Waals surface area (Å²) in [5.41, 5.74) is 3.20. The third kappa shape index (κ3) is 2.14. The van der Waals surface area contributed by atoms with Gasteiger partial charge in [-0.15, -0.1) is 0 Å². The summed E-state index contributed by atoms with van der Waals surface area (Å²) in [6, 6.07) is 18.1. The van der Waals surface area contributed by atoms with Crippen LogP contribution in [0.3, 0.4) is 0 Å². The van der Waals surface area contributed by atoms with Crippen LogP contribution in [0.25, 0.3) is 16.9 Å². The summed E-state index contributed by atoms with van der Waals surface area (Å²) in [5, 5.41) is 9.55. The molecule has 0 saturated heterocycles. The van der Waals surface area contributed by atoms with E-state index in [9.17, 15) is 5.11 Å². The van der Waals surface area contributed by atoms with E-state index < -0.39 is 0 Å². The molecule has 1 N–H and O–H groups in total. The molecule has 2 rings (SSSR count). The number of rotatable bonds is 2. The van der Waals surface area contributed by atoms with E-state index in [1.165, 1.54) is 5.56 Å². The Balaban J connectivity index is 2.34.